The van der Waals surface area contributed by atoms with E-state index in [0.717, 1.165) is 44.1 Å². The van der Waals surface area contributed by atoms with Gasteiger partial charge in [0.2, 0.25) is 11.7 Å². The zero-order valence-corrected chi connectivity index (χ0v) is 13.1. The van der Waals surface area contributed by atoms with Crippen molar-refractivity contribution in [2.45, 2.75) is 63.4 Å². The van der Waals surface area contributed by atoms with Crippen LogP contribution in [-0.2, 0) is 16.8 Å². The number of aromatic nitrogens is 2. The molecule has 1 aliphatic carbocycles. The van der Waals surface area contributed by atoms with E-state index < -0.39 is 0 Å². The lowest BCUT2D eigenvalue weighted by atomic mass is 9.93. The maximum absolute atomic E-state index is 5.85. The molecule has 0 aromatic carbocycles. The summed E-state index contributed by atoms with van der Waals surface area (Å²) < 4.78 is 11.4. The Hall–Kier alpha value is -0.940. The molecule has 1 aliphatic heterocycles. The summed E-state index contributed by atoms with van der Waals surface area (Å²) in [5, 5.41) is 7.66. The third-order valence-corrected chi connectivity index (χ3v) is 5.10. The molecule has 3 rings (SSSR count). The van der Waals surface area contributed by atoms with Crippen molar-refractivity contribution in [1.82, 2.24) is 15.5 Å². The first-order chi connectivity index (χ1) is 10.3. The molecule has 0 amide bonds. The van der Waals surface area contributed by atoms with E-state index >= 15 is 0 Å². The number of piperidine rings is 1. The molecule has 5 nitrogen and oxygen atoms in total. The van der Waals surface area contributed by atoms with E-state index in [2.05, 4.69) is 15.5 Å². The number of hydrogen-bond acceptors (Lipinski definition) is 5. The van der Waals surface area contributed by atoms with Gasteiger partial charge in [0.1, 0.15) is 5.60 Å². The highest BCUT2D eigenvalue weighted by atomic mass is 16.5. The minimum atomic E-state index is -0.313. The molecular weight excluding hydrogens is 266 g/mol. The van der Waals surface area contributed by atoms with Crippen molar-refractivity contribution >= 4 is 0 Å². The Bertz CT molecular complexity index is 432. The minimum Gasteiger partial charge on any atom is -0.370 e. The fourth-order valence-electron chi connectivity index (χ4n) is 3.67. The summed E-state index contributed by atoms with van der Waals surface area (Å²) in [6.45, 7) is 2.21. The molecule has 21 heavy (non-hydrogen) atoms. The number of nitrogens with one attached hydrogen (secondary N) is 1. The van der Waals surface area contributed by atoms with E-state index in [1.165, 1.54) is 38.5 Å². The quantitative estimate of drug-likeness (QED) is 0.865. The molecule has 0 unspecified atom stereocenters. The predicted octanol–water partition coefficient (Wildman–Crippen LogP) is 2.81. The Balaban J connectivity index is 1.69. The lowest BCUT2D eigenvalue weighted by Gasteiger charge is -2.27. The number of methoxy groups -OCH3 is 1. The second kappa shape index (κ2) is 6.88. The summed E-state index contributed by atoms with van der Waals surface area (Å²) >= 11 is 0. The molecular formula is C16H27N3O2. The van der Waals surface area contributed by atoms with Gasteiger partial charge in [-0.05, 0) is 44.7 Å². The number of rotatable bonds is 4. The van der Waals surface area contributed by atoms with Crippen LogP contribution in [0.1, 0.15) is 63.1 Å². The molecule has 0 bridgehead atoms. The predicted molar refractivity (Wildman–Crippen MR) is 80.0 cm³/mol. The van der Waals surface area contributed by atoms with E-state index in [-0.39, 0.29) is 5.60 Å². The summed E-state index contributed by atoms with van der Waals surface area (Å²) in [5.74, 6) is 2.24. The van der Waals surface area contributed by atoms with Crippen molar-refractivity contribution in [1.29, 1.82) is 0 Å². The van der Waals surface area contributed by atoms with E-state index in [9.17, 15) is 0 Å². The van der Waals surface area contributed by atoms with Crippen molar-refractivity contribution in [3.05, 3.63) is 11.7 Å². The van der Waals surface area contributed by atoms with Crippen LogP contribution < -0.4 is 5.32 Å². The highest BCUT2D eigenvalue weighted by Crippen LogP contribution is 2.37. The molecule has 0 atom stereocenters. The first-order valence-corrected chi connectivity index (χ1v) is 8.41. The minimum absolute atomic E-state index is 0.313. The Morgan fingerprint density at radius 2 is 1.90 bits per heavy atom. The molecule has 1 aromatic heterocycles. The van der Waals surface area contributed by atoms with Gasteiger partial charge in [-0.15, -0.1) is 0 Å². The molecule has 5 heteroatoms. The molecule has 0 spiro atoms. The summed E-state index contributed by atoms with van der Waals surface area (Å²) in [5.41, 5.74) is -0.313. The lowest BCUT2D eigenvalue weighted by Crippen LogP contribution is -2.30. The zero-order chi connectivity index (χ0) is 14.5. The van der Waals surface area contributed by atoms with E-state index in [1.54, 1.807) is 7.11 Å². The van der Waals surface area contributed by atoms with Crippen LogP contribution in [0.15, 0.2) is 4.52 Å². The van der Waals surface area contributed by atoms with Crippen LogP contribution in [0.2, 0.25) is 0 Å². The fourth-order valence-corrected chi connectivity index (χ4v) is 3.67. The van der Waals surface area contributed by atoms with E-state index in [4.69, 9.17) is 9.26 Å². The third-order valence-electron chi connectivity index (χ3n) is 5.10. The number of hydrogen-bond donors (Lipinski definition) is 1. The SMILES string of the molecule is COC1(c2noc(CC3CCNCC3)n2)CCCCCC1. The standard InChI is InChI=1S/C16H27N3O2/c1-20-16(8-4-2-3-5-9-16)15-18-14(21-19-15)12-13-6-10-17-11-7-13/h13,17H,2-12H2,1H3. The van der Waals surface area contributed by atoms with Crippen LogP contribution in [0.4, 0.5) is 0 Å². The average molecular weight is 293 g/mol. The Labute approximate surface area is 126 Å². The smallest absolute Gasteiger partial charge is 0.227 e. The van der Waals surface area contributed by atoms with E-state index in [1.807, 2.05) is 0 Å². The Morgan fingerprint density at radius 1 is 1.19 bits per heavy atom. The highest BCUT2D eigenvalue weighted by Gasteiger charge is 2.37. The first kappa shape index (κ1) is 15.0. The number of nitrogens with zero attached hydrogens (tertiary/aromatic N) is 2. The average Bonchev–Trinajstić information content (AvgIpc) is 2.85. The Kier molecular flexibility index (Phi) is 4.91. The van der Waals surface area contributed by atoms with Crippen molar-refractivity contribution in [3.63, 3.8) is 0 Å². The van der Waals surface area contributed by atoms with Crippen LogP contribution in [0.5, 0.6) is 0 Å². The zero-order valence-electron chi connectivity index (χ0n) is 13.1. The van der Waals surface area contributed by atoms with Gasteiger partial charge < -0.3 is 14.6 Å². The molecule has 0 radical (unpaired) electrons. The summed E-state index contributed by atoms with van der Waals surface area (Å²) in [6.07, 6.45) is 10.3. The van der Waals surface area contributed by atoms with Gasteiger partial charge in [-0.2, -0.15) is 4.98 Å². The summed E-state index contributed by atoms with van der Waals surface area (Å²) in [4.78, 5) is 4.69. The van der Waals surface area contributed by atoms with Gasteiger partial charge in [0.25, 0.3) is 0 Å². The van der Waals surface area contributed by atoms with Crippen molar-refractivity contribution in [2.24, 2.45) is 5.92 Å². The molecule has 1 saturated heterocycles. The van der Waals surface area contributed by atoms with Crippen molar-refractivity contribution in [3.8, 4) is 0 Å². The monoisotopic (exact) mass is 293 g/mol. The second-order valence-corrected chi connectivity index (χ2v) is 6.52. The summed E-state index contributed by atoms with van der Waals surface area (Å²) in [6, 6.07) is 0. The first-order valence-electron chi connectivity index (χ1n) is 8.41. The number of ether oxygens (including phenoxy) is 1. The van der Waals surface area contributed by atoms with Crippen LogP contribution >= 0.6 is 0 Å². The van der Waals surface area contributed by atoms with Crippen molar-refractivity contribution in [2.75, 3.05) is 20.2 Å². The van der Waals surface area contributed by atoms with Crippen molar-refractivity contribution < 1.29 is 9.26 Å². The van der Waals surface area contributed by atoms with Gasteiger partial charge in [0.15, 0.2) is 0 Å². The van der Waals surface area contributed by atoms with Gasteiger partial charge in [-0.3, -0.25) is 0 Å². The highest BCUT2D eigenvalue weighted by molar-refractivity contribution is 5.03. The van der Waals surface area contributed by atoms with E-state index in [0.29, 0.717) is 5.92 Å². The molecule has 118 valence electrons. The topological polar surface area (TPSA) is 60.2 Å². The normalized spacial score (nSPS) is 23.9. The van der Waals surface area contributed by atoms with Gasteiger partial charge in [-0.25, -0.2) is 0 Å². The largest absolute Gasteiger partial charge is 0.370 e. The van der Waals surface area contributed by atoms with Gasteiger partial charge in [0.05, 0.1) is 0 Å². The lowest BCUT2D eigenvalue weighted by molar-refractivity contribution is -0.0365. The van der Waals surface area contributed by atoms with Crippen LogP contribution in [0.25, 0.3) is 0 Å². The van der Waals surface area contributed by atoms with Crippen LogP contribution in [0.3, 0.4) is 0 Å². The maximum atomic E-state index is 5.85. The van der Waals surface area contributed by atoms with Gasteiger partial charge in [0, 0.05) is 13.5 Å². The molecule has 2 heterocycles. The van der Waals surface area contributed by atoms with Gasteiger partial charge >= 0.3 is 0 Å². The fraction of sp³-hybridized carbons (Fsp3) is 0.875. The Morgan fingerprint density at radius 3 is 2.57 bits per heavy atom. The van der Waals surface area contributed by atoms with Gasteiger partial charge in [-0.1, -0.05) is 30.8 Å². The van der Waals surface area contributed by atoms with Crippen LogP contribution in [0, 0.1) is 5.92 Å². The molecule has 1 aromatic rings. The molecule has 1 saturated carbocycles. The third kappa shape index (κ3) is 3.46. The molecule has 2 fully saturated rings. The maximum Gasteiger partial charge on any atom is 0.227 e. The molecule has 2 aliphatic rings. The summed E-state index contributed by atoms with van der Waals surface area (Å²) in [7, 11) is 1.79. The second-order valence-electron chi connectivity index (χ2n) is 6.52. The molecule has 1 N–H and O–H groups in total. The van der Waals surface area contributed by atoms with Crippen LogP contribution in [-0.4, -0.2) is 30.3 Å².